The van der Waals surface area contributed by atoms with E-state index < -0.39 is 6.10 Å². The molecule has 1 aromatic rings. The van der Waals surface area contributed by atoms with Crippen LogP contribution in [0.15, 0.2) is 18.2 Å². The van der Waals surface area contributed by atoms with Gasteiger partial charge in [-0.05, 0) is 18.2 Å². The lowest BCUT2D eigenvalue weighted by atomic mass is 10.2. The maximum Gasteiger partial charge on any atom is 0.303 e. The number of nitrogens with zero attached hydrogens (tertiary/aromatic N) is 1. The van der Waals surface area contributed by atoms with Crippen molar-refractivity contribution < 1.29 is 18.7 Å². The fourth-order valence-electron chi connectivity index (χ4n) is 2.32. The van der Waals surface area contributed by atoms with Gasteiger partial charge in [-0.15, -0.1) is 0 Å². The Bertz CT molecular complexity index is 507. The van der Waals surface area contributed by atoms with E-state index in [9.17, 15) is 9.18 Å². The minimum Gasteiger partial charge on any atom is -0.459 e. The summed E-state index contributed by atoms with van der Waals surface area (Å²) >= 11 is 0. The van der Waals surface area contributed by atoms with Gasteiger partial charge in [0.05, 0.1) is 25.4 Å². The second-order valence-corrected chi connectivity index (χ2v) is 5.11. The van der Waals surface area contributed by atoms with E-state index in [1.165, 1.54) is 13.0 Å². The Labute approximate surface area is 129 Å². The molecule has 3 N–H and O–H groups in total. The Balaban J connectivity index is 1.95. The van der Waals surface area contributed by atoms with E-state index >= 15 is 0 Å². The molecule has 122 valence electrons. The van der Waals surface area contributed by atoms with E-state index in [0.717, 1.165) is 0 Å². The molecular formula is C15H22FN3O3. The zero-order valence-corrected chi connectivity index (χ0v) is 12.7. The molecule has 0 amide bonds. The van der Waals surface area contributed by atoms with Crippen molar-refractivity contribution in [3.8, 4) is 0 Å². The van der Waals surface area contributed by atoms with Gasteiger partial charge in [-0.3, -0.25) is 4.79 Å². The summed E-state index contributed by atoms with van der Waals surface area (Å²) in [6, 6.07) is 4.98. The smallest absolute Gasteiger partial charge is 0.303 e. The third kappa shape index (κ3) is 4.57. The number of halogens is 1. The van der Waals surface area contributed by atoms with Gasteiger partial charge in [0.15, 0.2) is 0 Å². The van der Waals surface area contributed by atoms with Gasteiger partial charge < -0.3 is 25.4 Å². The predicted octanol–water partition coefficient (Wildman–Crippen LogP) is 0.965. The molecule has 1 aromatic carbocycles. The number of esters is 1. The molecule has 1 saturated heterocycles. The van der Waals surface area contributed by atoms with Crippen molar-refractivity contribution in [3.63, 3.8) is 0 Å². The van der Waals surface area contributed by atoms with Gasteiger partial charge in [0.2, 0.25) is 0 Å². The molecule has 1 aliphatic heterocycles. The highest BCUT2D eigenvalue weighted by Gasteiger charge is 2.16. The van der Waals surface area contributed by atoms with E-state index in [-0.39, 0.29) is 18.3 Å². The van der Waals surface area contributed by atoms with Crippen LogP contribution in [0.4, 0.5) is 15.8 Å². The first kappa shape index (κ1) is 16.5. The van der Waals surface area contributed by atoms with Crippen molar-refractivity contribution in [2.45, 2.75) is 13.0 Å². The molecule has 0 saturated carbocycles. The molecule has 1 aliphatic rings. The van der Waals surface area contributed by atoms with Crippen molar-refractivity contribution in [1.29, 1.82) is 0 Å². The van der Waals surface area contributed by atoms with Gasteiger partial charge in [0.1, 0.15) is 11.9 Å². The number of benzene rings is 1. The monoisotopic (exact) mass is 311 g/mol. The first-order valence-electron chi connectivity index (χ1n) is 7.33. The van der Waals surface area contributed by atoms with Crippen LogP contribution in [0, 0.1) is 5.82 Å². The van der Waals surface area contributed by atoms with Crippen LogP contribution in [0.5, 0.6) is 0 Å². The number of nitrogens with two attached hydrogens (primary N) is 1. The molecule has 22 heavy (non-hydrogen) atoms. The number of hydrogen-bond donors (Lipinski definition) is 2. The summed E-state index contributed by atoms with van der Waals surface area (Å²) in [6.45, 7) is 4.48. The molecule has 0 bridgehead atoms. The summed E-state index contributed by atoms with van der Waals surface area (Å²) in [6.07, 6.45) is -0.431. The predicted molar refractivity (Wildman–Crippen MR) is 82.5 cm³/mol. The number of carbonyl (C=O) groups is 1. The number of carbonyl (C=O) groups excluding carboxylic acids is 1. The number of ether oxygens (including phenoxy) is 2. The molecule has 1 heterocycles. The second kappa shape index (κ2) is 7.95. The van der Waals surface area contributed by atoms with Gasteiger partial charge in [-0.1, -0.05) is 0 Å². The first-order chi connectivity index (χ1) is 10.6. The lowest BCUT2D eigenvalue weighted by Gasteiger charge is -2.29. The van der Waals surface area contributed by atoms with Crippen LogP contribution in [-0.4, -0.2) is 51.5 Å². The molecule has 0 unspecified atom stereocenters. The van der Waals surface area contributed by atoms with E-state index in [4.69, 9.17) is 15.2 Å². The zero-order chi connectivity index (χ0) is 15.9. The Kier molecular flexibility index (Phi) is 5.97. The Hall–Kier alpha value is -1.86. The lowest BCUT2D eigenvalue weighted by Crippen LogP contribution is -2.36. The van der Waals surface area contributed by atoms with E-state index in [2.05, 4.69) is 5.32 Å². The summed E-state index contributed by atoms with van der Waals surface area (Å²) in [5.74, 6) is -0.671. The van der Waals surface area contributed by atoms with Crippen molar-refractivity contribution >= 4 is 17.3 Å². The zero-order valence-electron chi connectivity index (χ0n) is 12.7. The molecule has 0 spiro atoms. The Morgan fingerprint density at radius 2 is 2.23 bits per heavy atom. The number of nitrogens with one attached hydrogen (secondary N) is 1. The van der Waals surface area contributed by atoms with Crippen LogP contribution in [0.1, 0.15) is 6.92 Å². The third-order valence-corrected chi connectivity index (χ3v) is 3.43. The SMILES string of the molecule is CC(=O)O[C@@H](CN)CNc1ccc(N2CCOCC2)c(F)c1. The van der Waals surface area contributed by atoms with Crippen LogP contribution in [0.2, 0.25) is 0 Å². The first-order valence-corrected chi connectivity index (χ1v) is 7.33. The Morgan fingerprint density at radius 1 is 1.50 bits per heavy atom. The topological polar surface area (TPSA) is 76.8 Å². The van der Waals surface area contributed by atoms with Gasteiger partial charge in [0, 0.05) is 32.2 Å². The summed E-state index contributed by atoms with van der Waals surface area (Å²) in [4.78, 5) is 12.9. The Morgan fingerprint density at radius 3 is 2.82 bits per heavy atom. The summed E-state index contributed by atoms with van der Waals surface area (Å²) in [5, 5.41) is 3.03. The van der Waals surface area contributed by atoms with Crippen molar-refractivity contribution in [2.24, 2.45) is 5.73 Å². The average Bonchev–Trinajstić information content (AvgIpc) is 2.52. The van der Waals surface area contributed by atoms with Crippen LogP contribution < -0.4 is 16.0 Å². The molecule has 0 aromatic heterocycles. The van der Waals surface area contributed by atoms with Gasteiger partial charge in [-0.2, -0.15) is 0 Å². The normalized spacial score (nSPS) is 16.2. The maximum absolute atomic E-state index is 14.2. The van der Waals surface area contributed by atoms with Gasteiger partial charge in [-0.25, -0.2) is 4.39 Å². The molecule has 7 heteroatoms. The highest BCUT2D eigenvalue weighted by Crippen LogP contribution is 2.23. The average molecular weight is 311 g/mol. The van der Waals surface area contributed by atoms with E-state index in [1.807, 2.05) is 4.90 Å². The number of anilines is 2. The molecule has 1 fully saturated rings. The van der Waals surface area contributed by atoms with E-state index in [0.29, 0.717) is 44.2 Å². The lowest BCUT2D eigenvalue weighted by molar-refractivity contribution is -0.145. The third-order valence-electron chi connectivity index (χ3n) is 3.43. The fraction of sp³-hybridized carbons (Fsp3) is 0.533. The van der Waals surface area contributed by atoms with Gasteiger partial charge in [0.25, 0.3) is 0 Å². The van der Waals surface area contributed by atoms with Crippen LogP contribution in [0.3, 0.4) is 0 Å². The molecule has 0 radical (unpaired) electrons. The number of rotatable bonds is 6. The minimum absolute atomic E-state index is 0.209. The number of morpholine rings is 1. The van der Waals surface area contributed by atoms with Crippen LogP contribution >= 0.6 is 0 Å². The summed E-state index contributed by atoms with van der Waals surface area (Å²) in [7, 11) is 0. The van der Waals surface area contributed by atoms with Crippen LogP contribution in [0.25, 0.3) is 0 Å². The molecule has 1 atom stereocenters. The van der Waals surface area contributed by atoms with Crippen LogP contribution in [-0.2, 0) is 14.3 Å². The molecule has 0 aliphatic carbocycles. The van der Waals surface area contributed by atoms with Crippen molar-refractivity contribution in [3.05, 3.63) is 24.0 Å². The van der Waals surface area contributed by atoms with E-state index in [1.54, 1.807) is 12.1 Å². The van der Waals surface area contributed by atoms with Gasteiger partial charge >= 0.3 is 5.97 Å². The van der Waals surface area contributed by atoms with Crippen molar-refractivity contribution in [2.75, 3.05) is 49.6 Å². The fourth-order valence-corrected chi connectivity index (χ4v) is 2.32. The molecule has 2 rings (SSSR count). The number of hydrogen-bond acceptors (Lipinski definition) is 6. The largest absolute Gasteiger partial charge is 0.459 e. The highest BCUT2D eigenvalue weighted by molar-refractivity contribution is 5.66. The minimum atomic E-state index is -0.431. The molecule has 6 nitrogen and oxygen atoms in total. The summed E-state index contributed by atoms with van der Waals surface area (Å²) in [5.41, 5.74) is 6.73. The highest BCUT2D eigenvalue weighted by atomic mass is 19.1. The maximum atomic E-state index is 14.2. The summed E-state index contributed by atoms with van der Waals surface area (Å²) < 4.78 is 24.5. The van der Waals surface area contributed by atoms with Crippen molar-refractivity contribution in [1.82, 2.24) is 0 Å². The second-order valence-electron chi connectivity index (χ2n) is 5.11. The quantitative estimate of drug-likeness (QED) is 0.762. The standard InChI is InChI=1S/C15H22FN3O3/c1-11(20)22-13(9-17)10-18-12-2-3-15(14(16)8-12)19-4-6-21-7-5-19/h2-3,8,13,18H,4-7,9-10,17H2,1H3/t13-/m0/s1. The molecular weight excluding hydrogens is 289 g/mol.